The van der Waals surface area contributed by atoms with Crippen LogP contribution in [0.3, 0.4) is 0 Å². The lowest BCUT2D eigenvalue weighted by molar-refractivity contribution is -0.123. The Morgan fingerprint density at radius 1 is 1.21 bits per heavy atom. The van der Waals surface area contributed by atoms with Gasteiger partial charge in [-0.1, -0.05) is 18.2 Å². The van der Waals surface area contributed by atoms with Crippen LogP contribution in [0.4, 0.5) is 5.69 Å². The fraction of sp³-hybridized carbons (Fsp3) is 0.474. The molecular weight excluding hydrogens is 300 g/mol. The molecule has 24 heavy (non-hydrogen) atoms. The van der Waals surface area contributed by atoms with Gasteiger partial charge in [0.05, 0.1) is 6.04 Å². The Morgan fingerprint density at radius 2 is 2.00 bits per heavy atom. The van der Waals surface area contributed by atoms with Gasteiger partial charge in [0.15, 0.2) is 0 Å². The molecule has 1 saturated heterocycles. The summed E-state index contributed by atoms with van der Waals surface area (Å²) in [6.07, 6.45) is 4.95. The van der Waals surface area contributed by atoms with E-state index in [0.717, 1.165) is 44.6 Å². The second-order valence-corrected chi connectivity index (χ2v) is 6.87. The lowest BCUT2D eigenvalue weighted by Gasteiger charge is -2.36. The number of carbonyl (C=O) groups is 1. The van der Waals surface area contributed by atoms with Gasteiger partial charge in [0.2, 0.25) is 5.91 Å². The standard InChI is InChI=1S/C19H24N4O/c1-14(19(24)23-13-9-16-4-2-3-5-18(16)23)22-11-7-15(8-12-22)17-6-10-20-21-17/h2-6,10,14-15H,7-9,11-13H2,1H3,(H,20,21)/t14-/m1/s1. The van der Waals surface area contributed by atoms with Gasteiger partial charge in [-0.2, -0.15) is 5.10 Å². The van der Waals surface area contributed by atoms with Gasteiger partial charge in [-0.25, -0.2) is 0 Å². The number of likely N-dealkylation sites (tertiary alicyclic amines) is 1. The maximum absolute atomic E-state index is 13.0. The summed E-state index contributed by atoms with van der Waals surface area (Å²) >= 11 is 0. The number of carbonyl (C=O) groups excluding carboxylic acids is 1. The topological polar surface area (TPSA) is 52.2 Å². The van der Waals surface area contributed by atoms with Crippen LogP contribution in [0.5, 0.6) is 0 Å². The molecule has 2 aromatic rings. The van der Waals surface area contributed by atoms with Crippen LogP contribution >= 0.6 is 0 Å². The molecule has 0 spiro atoms. The number of amides is 1. The number of para-hydroxylation sites is 1. The van der Waals surface area contributed by atoms with Crippen molar-refractivity contribution in [2.45, 2.75) is 38.1 Å². The lowest BCUT2D eigenvalue weighted by Crippen LogP contribution is -2.49. The second-order valence-electron chi connectivity index (χ2n) is 6.87. The molecule has 0 saturated carbocycles. The summed E-state index contributed by atoms with van der Waals surface area (Å²) in [5.74, 6) is 0.776. The summed E-state index contributed by atoms with van der Waals surface area (Å²) in [6.45, 7) is 4.80. The van der Waals surface area contributed by atoms with Crippen molar-refractivity contribution in [3.63, 3.8) is 0 Å². The first-order valence-corrected chi connectivity index (χ1v) is 8.86. The van der Waals surface area contributed by atoms with Crippen LogP contribution in [-0.4, -0.2) is 46.7 Å². The van der Waals surface area contributed by atoms with Crippen LogP contribution in [-0.2, 0) is 11.2 Å². The average Bonchev–Trinajstić information content (AvgIpc) is 3.30. The van der Waals surface area contributed by atoms with E-state index in [1.54, 1.807) is 0 Å². The first kappa shape index (κ1) is 15.4. The Balaban J connectivity index is 1.40. The molecule has 5 nitrogen and oxygen atoms in total. The predicted molar refractivity (Wildman–Crippen MR) is 94.1 cm³/mol. The Labute approximate surface area is 142 Å². The largest absolute Gasteiger partial charge is 0.310 e. The van der Waals surface area contributed by atoms with E-state index in [1.165, 1.54) is 11.3 Å². The monoisotopic (exact) mass is 324 g/mol. The molecule has 1 fully saturated rings. The van der Waals surface area contributed by atoms with Crippen molar-refractivity contribution in [2.75, 3.05) is 24.5 Å². The predicted octanol–water partition coefficient (Wildman–Crippen LogP) is 2.57. The quantitative estimate of drug-likeness (QED) is 0.944. The summed E-state index contributed by atoms with van der Waals surface area (Å²) < 4.78 is 0. The summed E-state index contributed by atoms with van der Waals surface area (Å²) in [6, 6.07) is 10.3. The summed E-state index contributed by atoms with van der Waals surface area (Å²) in [7, 11) is 0. The molecule has 1 aromatic heterocycles. The molecule has 5 heteroatoms. The smallest absolute Gasteiger partial charge is 0.244 e. The number of aromatic amines is 1. The van der Waals surface area contributed by atoms with Crippen LogP contribution < -0.4 is 4.90 Å². The van der Waals surface area contributed by atoms with Crippen molar-refractivity contribution in [1.29, 1.82) is 0 Å². The molecule has 0 bridgehead atoms. The molecule has 0 radical (unpaired) electrons. The van der Waals surface area contributed by atoms with E-state index in [9.17, 15) is 4.79 Å². The number of benzene rings is 1. The molecule has 1 amide bonds. The number of fused-ring (bicyclic) bond motifs is 1. The van der Waals surface area contributed by atoms with Crippen molar-refractivity contribution in [3.8, 4) is 0 Å². The van der Waals surface area contributed by atoms with Crippen LogP contribution in [0.1, 0.15) is 36.9 Å². The Morgan fingerprint density at radius 3 is 2.75 bits per heavy atom. The number of piperidine rings is 1. The van der Waals surface area contributed by atoms with Gasteiger partial charge < -0.3 is 4.90 Å². The van der Waals surface area contributed by atoms with Crippen LogP contribution in [0.2, 0.25) is 0 Å². The molecule has 1 aromatic carbocycles. The fourth-order valence-electron chi connectivity index (χ4n) is 4.04. The highest BCUT2D eigenvalue weighted by Gasteiger charge is 2.33. The average molecular weight is 324 g/mol. The minimum absolute atomic E-state index is 0.0566. The molecule has 2 aliphatic heterocycles. The van der Waals surface area contributed by atoms with Crippen molar-refractivity contribution >= 4 is 11.6 Å². The first-order valence-electron chi connectivity index (χ1n) is 8.86. The molecule has 1 N–H and O–H groups in total. The minimum Gasteiger partial charge on any atom is -0.310 e. The molecule has 126 valence electrons. The van der Waals surface area contributed by atoms with Gasteiger partial charge in [-0.15, -0.1) is 0 Å². The lowest BCUT2D eigenvalue weighted by atomic mass is 9.93. The van der Waals surface area contributed by atoms with E-state index >= 15 is 0 Å². The van der Waals surface area contributed by atoms with Crippen LogP contribution in [0, 0.1) is 0 Å². The fourth-order valence-corrected chi connectivity index (χ4v) is 4.04. The van der Waals surface area contributed by atoms with Crippen molar-refractivity contribution in [2.24, 2.45) is 0 Å². The van der Waals surface area contributed by atoms with Crippen molar-refractivity contribution < 1.29 is 4.79 Å². The zero-order valence-electron chi connectivity index (χ0n) is 14.1. The third-order valence-corrected chi connectivity index (χ3v) is 5.55. The SMILES string of the molecule is C[C@H](C(=O)N1CCc2ccccc21)N1CCC(c2ccn[nH]2)CC1. The number of hydrogen-bond donors (Lipinski definition) is 1. The number of nitrogens with zero attached hydrogens (tertiary/aromatic N) is 3. The highest BCUT2D eigenvalue weighted by molar-refractivity contribution is 5.98. The summed E-state index contributed by atoms with van der Waals surface area (Å²) in [5, 5.41) is 7.14. The minimum atomic E-state index is -0.0566. The second kappa shape index (κ2) is 6.40. The van der Waals surface area contributed by atoms with Gasteiger partial charge in [0.1, 0.15) is 0 Å². The van der Waals surface area contributed by atoms with E-state index in [-0.39, 0.29) is 11.9 Å². The van der Waals surface area contributed by atoms with Gasteiger partial charge >= 0.3 is 0 Å². The van der Waals surface area contributed by atoms with E-state index in [4.69, 9.17) is 0 Å². The highest BCUT2D eigenvalue weighted by atomic mass is 16.2. The first-order chi connectivity index (χ1) is 11.7. The normalized spacial score (nSPS) is 20.1. The molecule has 0 unspecified atom stereocenters. The molecule has 1 atom stereocenters. The van der Waals surface area contributed by atoms with Crippen molar-refractivity contribution in [1.82, 2.24) is 15.1 Å². The van der Waals surface area contributed by atoms with E-state index in [1.807, 2.05) is 17.2 Å². The number of rotatable bonds is 3. The zero-order chi connectivity index (χ0) is 16.5. The Hall–Kier alpha value is -2.14. The third kappa shape index (κ3) is 2.73. The number of nitrogens with one attached hydrogen (secondary N) is 1. The summed E-state index contributed by atoms with van der Waals surface area (Å²) in [5.41, 5.74) is 3.61. The third-order valence-electron chi connectivity index (χ3n) is 5.55. The Kier molecular flexibility index (Phi) is 4.10. The van der Waals surface area contributed by atoms with Crippen LogP contribution in [0.25, 0.3) is 0 Å². The molecule has 4 rings (SSSR count). The summed E-state index contributed by atoms with van der Waals surface area (Å²) in [4.78, 5) is 17.3. The number of aromatic nitrogens is 2. The van der Waals surface area contributed by atoms with Gasteiger partial charge in [0, 0.05) is 30.0 Å². The van der Waals surface area contributed by atoms with E-state index in [0.29, 0.717) is 5.92 Å². The van der Waals surface area contributed by atoms with Crippen molar-refractivity contribution in [3.05, 3.63) is 47.8 Å². The number of hydrogen-bond acceptors (Lipinski definition) is 3. The molecule has 2 aliphatic rings. The van der Waals surface area contributed by atoms with Gasteiger partial charge in [-0.05, 0) is 57.0 Å². The van der Waals surface area contributed by atoms with Crippen LogP contribution in [0.15, 0.2) is 36.5 Å². The highest BCUT2D eigenvalue weighted by Crippen LogP contribution is 2.30. The van der Waals surface area contributed by atoms with E-state index < -0.39 is 0 Å². The number of anilines is 1. The molecular formula is C19H24N4O. The zero-order valence-corrected chi connectivity index (χ0v) is 14.1. The van der Waals surface area contributed by atoms with Gasteiger partial charge in [-0.3, -0.25) is 14.8 Å². The van der Waals surface area contributed by atoms with Gasteiger partial charge in [0.25, 0.3) is 0 Å². The Bertz CT molecular complexity index is 704. The molecule has 0 aliphatic carbocycles. The maximum Gasteiger partial charge on any atom is 0.244 e. The number of H-pyrrole nitrogens is 1. The van der Waals surface area contributed by atoms with E-state index in [2.05, 4.69) is 46.3 Å². The maximum atomic E-state index is 13.0. The molecule has 3 heterocycles.